The molecule has 0 atom stereocenters. The Balaban J connectivity index is 1.33. The Hall–Kier alpha value is -4.15. The Morgan fingerprint density at radius 2 is 1.74 bits per heavy atom. The Morgan fingerprint density at radius 3 is 2.46 bits per heavy atom. The summed E-state index contributed by atoms with van der Waals surface area (Å²) in [6, 6.07) is 18.5. The number of anilines is 3. The fraction of sp³-hybridized carbons (Fsp3) is 0.344. The molecule has 1 aliphatic carbocycles. The number of hydrogen-bond donors (Lipinski definition) is 1. The molecule has 4 aromatic rings. The second-order valence-electron chi connectivity index (χ2n) is 10.5. The molecule has 39 heavy (non-hydrogen) atoms. The van der Waals surface area contributed by atoms with E-state index in [1.165, 1.54) is 11.3 Å². The van der Waals surface area contributed by atoms with Gasteiger partial charge in [-0.1, -0.05) is 43.0 Å². The van der Waals surface area contributed by atoms with Gasteiger partial charge in [0.05, 0.1) is 12.1 Å². The fourth-order valence-corrected chi connectivity index (χ4v) is 5.04. The first-order chi connectivity index (χ1) is 19.1. The number of rotatable bonds is 6. The van der Waals surface area contributed by atoms with Crippen molar-refractivity contribution < 1.29 is 0 Å². The van der Waals surface area contributed by atoms with Crippen LogP contribution in [0.25, 0.3) is 11.0 Å². The second kappa shape index (κ2) is 10.9. The third kappa shape index (κ3) is 5.67. The van der Waals surface area contributed by atoms with Crippen molar-refractivity contribution >= 4 is 28.4 Å². The van der Waals surface area contributed by atoms with Gasteiger partial charge in [-0.15, -0.1) is 0 Å². The minimum atomic E-state index is -0.109. The van der Waals surface area contributed by atoms with Gasteiger partial charge in [0.2, 0.25) is 5.95 Å². The highest BCUT2D eigenvalue weighted by molar-refractivity contribution is 5.77. The topological polar surface area (TPSA) is 66.3 Å². The fourth-order valence-electron chi connectivity index (χ4n) is 5.04. The van der Waals surface area contributed by atoms with Gasteiger partial charge in [0, 0.05) is 55.1 Å². The lowest BCUT2D eigenvalue weighted by molar-refractivity contribution is 0.313. The van der Waals surface area contributed by atoms with Crippen LogP contribution in [0.2, 0.25) is 0 Å². The molecule has 0 unspecified atom stereocenters. The van der Waals surface area contributed by atoms with Gasteiger partial charge in [0.25, 0.3) is 5.56 Å². The van der Waals surface area contributed by atoms with Gasteiger partial charge in [-0.05, 0) is 67.8 Å². The summed E-state index contributed by atoms with van der Waals surface area (Å²) in [6.45, 7) is 6.78. The molecule has 0 bridgehead atoms. The standard InChI is InChI=1S/C32H34N6O/c1-3-24-6-4-5-7-26(24)22-38-30-27(20-25(31(38)39)11-10-23-8-9-23)21-33-32(35-30)34-28-12-14-29(15-13-28)37-18-16-36(2)17-19-37/h4-7,12-15,20-21,23H,3,8-9,16-19,22H2,1-2H3,(H,33,34,35). The Labute approximate surface area is 229 Å². The minimum Gasteiger partial charge on any atom is -0.369 e. The molecule has 2 fully saturated rings. The zero-order chi connectivity index (χ0) is 26.8. The van der Waals surface area contributed by atoms with E-state index in [1.807, 2.05) is 18.2 Å². The number of nitrogens with zero attached hydrogens (tertiary/aromatic N) is 5. The van der Waals surface area contributed by atoms with E-state index in [1.54, 1.807) is 10.8 Å². The normalized spacial score (nSPS) is 15.7. The van der Waals surface area contributed by atoms with Gasteiger partial charge < -0.3 is 15.1 Å². The molecule has 0 radical (unpaired) electrons. The molecule has 198 valence electrons. The molecule has 1 aliphatic heterocycles. The zero-order valence-corrected chi connectivity index (χ0v) is 22.7. The van der Waals surface area contributed by atoms with Gasteiger partial charge in [-0.3, -0.25) is 9.36 Å². The molecule has 3 heterocycles. The molecule has 0 spiro atoms. The predicted octanol–water partition coefficient (Wildman–Crippen LogP) is 4.66. The number of fused-ring (bicyclic) bond motifs is 1. The van der Waals surface area contributed by atoms with Crippen molar-refractivity contribution in [1.82, 2.24) is 19.4 Å². The highest BCUT2D eigenvalue weighted by atomic mass is 16.1. The minimum absolute atomic E-state index is 0.109. The molecule has 7 heteroatoms. The van der Waals surface area contributed by atoms with Gasteiger partial charge >= 0.3 is 0 Å². The monoisotopic (exact) mass is 518 g/mol. The van der Waals surface area contributed by atoms with E-state index in [2.05, 4.69) is 82.3 Å². The molecule has 2 aliphatic rings. The molecule has 1 saturated heterocycles. The molecule has 6 rings (SSSR count). The van der Waals surface area contributed by atoms with E-state index in [4.69, 9.17) is 4.98 Å². The Kier molecular flexibility index (Phi) is 7.04. The highest BCUT2D eigenvalue weighted by Gasteiger charge is 2.19. The maximum atomic E-state index is 13.7. The number of benzene rings is 2. The van der Waals surface area contributed by atoms with Gasteiger partial charge in [-0.2, -0.15) is 4.98 Å². The Morgan fingerprint density at radius 1 is 1.00 bits per heavy atom. The first-order valence-electron chi connectivity index (χ1n) is 13.9. The smallest absolute Gasteiger partial charge is 0.268 e. The molecule has 2 aromatic carbocycles. The molecule has 1 saturated carbocycles. The SMILES string of the molecule is CCc1ccccc1Cn1c(=O)c(C#CC2CC2)cc2cnc(Nc3ccc(N4CCN(C)CC4)cc3)nc21. The maximum Gasteiger partial charge on any atom is 0.268 e. The summed E-state index contributed by atoms with van der Waals surface area (Å²) in [5, 5.41) is 4.14. The van der Waals surface area contributed by atoms with E-state index in [-0.39, 0.29) is 5.56 Å². The molecule has 7 nitrogen and oxygen atoms in total. The number of piperazine rings is 1. The second-order valence-corrected chi connectivity index (χ2v) is 10.5. The molecular formula is C32H34N6O. The summed E-state index contributed by atoms with van der Waals surface area (Å²) in [5.41, 5.74) is 5.47. The van der Waals surface area contributed by atoms with Crippen LogP contribution in [-0.4, -0.2) is 52.7 Å². The number of nitrogens with one attached hydrogen (secondary N) is 1. The lowest BCUT2D eigenvalue weighted by atomic mass is 10.1. The van der Waals surface area contributed by atoms with Gasteiger partial charge in [0.1, 0.15) is 5.65 Å². The van der Waals surface area contributed by atoms with Crippen molar-refractivity contribution in [3.05, 3.63) is 87.8 Å². The number of hydrogen-bond acceptors (Lipinski definition) is 6. The van der Waals surface area contributed by atoms with Crippen LogP contribution < -0.4 is 15.8 Å². The largest absolute Gasteiger partial charge is 0.369 e. The average Bonchev–Trinajstić information content (AvgIpc) is 3.80. The van der Waals surface area contributed by atoms with Crippen molar-refractivity contribution in [2.24, 2.45) is 5.92 Å². The first kappa shape index (κ1) is 25.1. The van der Waals surface area contributed by atoms with Crippen LogP contribution in [0.15, 0.2) is 65.6 Å². The van der Waals surface area contributed by atoms with E-state index < -0.39 is 0 Å². The number of pyridine rings is 1. The first-order valence-corrected chi connectivity index (χ1v) is 13.9. The summed E-state index contributed by atoms with van der Waals surface area (Å²) >= 11 is 0. The van der Waals surface area contributed by atoms with Crippen LogP contribution in [0.1, 0.15) is 36.5 Å². The Bertz CT molecular complexity index is 1600. The van der Waals surface area contributed by atoms with Crippen LogP contribution in [0, 0.1) is 17.8 Å². The van der Waals surface area contributed by atoms with Crippen molar-refractivity contribution in [2.45, 2.75) is 32.7 Å². The number of likely N-dealkylation sites (N-methyl/N-ethyl adjacent to an activating group) is 1. The van der Waals surface area contributed by atoms with Crippen LogP contribution in [0.3, 0.4) is 0 Å². The predicted molar refractivity (Wildman–Crippen MR) is 158 cm³/mol. The highest BCUT2D eigenvalue weighted by Crippen LogP contribution is 2.28. The quantitative estimate of drug-likeness (QED) is 0.375. The van der Waals surface area contributed by atoms with Crippen LogP contribution in [0.4, 0.5) is 17.3 Å². The van der Waals surface area contributed by atoms with E-state index >= 15 is 0 Å². The summed E-state index contributed by atoms with van der Waals surface area (Å²) < 4.78 is 1.75. The van der Waals surface area contributed by atoms with Gasteiger partial charge in [0.15, 0.2) is 0 Å². The molecule has 2 aromatic heterocycles. The van der Waals surface area contributed by atoms with Crippen molar-refractivity contribution in [2.75, 3.05) is 43.4 Å². The van der Waals surface area contributed by atoms with E-state index in [0.717, 1.165) is 62.1 Å². The third-order valence-corrected chi connectivity index (χ3v) is 7.63. The lowest BCUT2D eigenvalue weighted by Gasteiger charge is -2.34. The van der Waals surface area contributed by atoms with E-state index in [9.17, 15) is 4.79 Å². The summed E-state index contributed by atoms with van der Waals surface area (Å²) in [4.78, 5) is 27.8. The lowest BCUT2D eigenvalue weighted by Crippen LogP contribution is -2.44. The van der Waals surface area contributed by atoms with Crippen molar-refractivity contribution in [3.8, 4) is 11.8 Å². The number of aromatic nitrogens is 3. The molecule has 0 amide bonds. The summed E-state index contributed by atoms with van der Waals surface area (Å²) in [7, 11) is 2.17. The summed E-state index contributed by atoms with van der Waals surface area (Å²) in [5.74, 6) is 7.27. The van der Waals surface area contributed by atoms with Crippen LogP contribution in [0.5, 0.6) is 0 Å². The molecular weight excluding hydrogens is 484 g/mol. The van der Waals surface area contributed by atoms with Crippen LogP contribution in [-0.2, 0) is 13.0 Å². The molecule has 1 N–H and O–H groups in total. The van der Waals surface area contributed by atoms with Crippen LogP contribution >= 0.6 is 0 Å². The van der Waals surface area contributed by atoms with E-state index in [0.29, 0.717) is 29.6 Å². The van der Waals surface area contributed by atoms with Crippen molar-refractivity contribution in [3.63, 3.8) is 0 Å². The average molecular weight is 519 g/mol. The zero-order valence-electron chi connectivity index (χ0n) is 22.7. The van der Waals surface area contributed by atoms with Gasteiger partial charge in [-0.25, -0.2) is 4.98 Å². The summed E-state index contributed by atoms with van der Waals surface area (Å²) in [6.07, 6.45) is 4.92. The van der Waals surface area contributed by atoms with Crippen molar-refractivity contribution in [1.29, 1.82) is 0 Å². The number of aryl methyl sites for hydroxylation is 1. The third-order valence-electron chi connectivity index (χ3n) is 7.63. The maximum absolute atomic E-state index is 13.7.